The van der Waals surface area contributed by atoms with Crippen LogP contribution in [-0.4, -0.2) is 40.9 Å². The van der Waals surface area contributed by atoms with Crippen molar-refractivity contribution in [2.24, 2.45) is 0 Å². The molecule has 0 aliphatic carbocycles. The summed E-state index contributed by atoms with van der Waals surface area (Å²) < 4.78 is 10.4. The van der Waals surface area contributed by atoms with Gasteiger partial charge in [0.25, 0.3) is 17.5 Å². The zero-order valence-corrected chi connectivity index (χ0v) is 14.7. The number of nitro groups is 1. The van der Waals surface area contributed by atoms with Gasteiger partial charge < -0.3 is 14.8 Å². The topological polar surface area (TPSA) is 128 Å². The summed E-state index contributed by atoms with van der Waals surface area (Å²) in [5, 5.41) is 13.8. The predicted molar refractivity (Wildman–Crippen MR) is 94.7 cm³/mol. The summed E-state index contributed by atoms with van der Waals surface area (Å²) in [6.45, 7) is -0.606. The minimum Gasteiger partial charge on any atom is -0.454 e. The molecule has 0 atom stereocenters. The lowest BCUT2D eigenvalue weighted by atomic mass is 10.1. The number of imide groups is 1. The van der Waals surface area contributed by atoms with Crippen LogP contribution >= 0.6 is 11.6 Å². The van der Waals surface area contributed by atoms with Crippen molar-refractivity contribution in [1.29, 1.82) is 0 Å². The number of nitrogens with zero attached hydrogens (tertiary/aromatic N) is 2. The summed E-state index contributed by atoms with van der Waals surface area (Å²) >= 11 is 6.08. The number of hydrogen-bond donors (Lipinski definition) is 1. The highest BCUT2D eigenvalue weighted by Gasteiger charge is 2.41. The van der Waals surface area contributed by atoms with E-state index in [9.17, 15) is 24.5 Å². The Morgan fingerprint density at radius 3 is 2.64 bits per heavy atom. The monoisotopic (exact) mass is 403 g/mol. The Balaban J connectivity index is 1.55. The van der Waals surface area contributed by atoms with Gasteiger partial charge in [-0.15, -0.1) is 0 Å². The maximum atomic E-state index is 12.5. The summed E-state index contributed by atoms with van der Waals surface area (Å²) in [5.41, 5.74) is -0.726. The van der Waals surface area contributed by atoms with Gasteiger partial charge in [-0.3, -0.25) is 29.4 Å². The van der Waals surface area contributed by atoms with Crippen LogP contribution in [0.4, 0.5) is 11.4 Å². The molecule has 2 aromatic carbocycles. The zero-order chi connectivity index (χ0) is 20.0. The van der Waals surface area contributed by atoms with Crippen LogP contribution in [0.3, 0.4) is 0 Å². The van der Waals surface area contributed by atoms with E-state index in [1.54, 1.807) is 0 Å². The normalized spacial score (nSPS) is 14.2. The van der Waals surface area contributed by atoms with E-state index in [4.69, 9.17) is 21.1 Å². The molecule has 142 valence electrons. The molecule has 1 N–H and O–H groups in total. The quantitative estimate of drug-likeness (QED) is 0.470. The molecule has 0 spiro atoms. The van der Waals surface area contributed by atoms with Crippen LogP contribution in [0.15, 0.2) is 30.3 Å². The Bertz CT molecular complexity index is 1070. The molecule has 11 heteroatoms. The Labute approximate surface area is 161 Å². The van der Waals surface area contributed by atoms with Crippen molar-refractivity contribution in [2.75, 3.05) is 18.7 Å². The number of anilines is 1. The van der Waals surface area contributed by atoms with Crippen molar-refractivity contribution >= 4 is 40.7 Å². The fraction of sp³-hybridized carbons (Fsp3) is 0.118. The molecule has 28 heavy (non-hydrogen) atoms. The van der Waals surface area contributed by atoms with Crippen molar-refractivity contribution in [3.63, 3.8) is 0 Å². The second-order valence-corrected chi connectivity index (χ2v) is 6.29. The second kappa shape index (κ2) is 6.50. The van der Waals surface area contributed by atoms with Crippen LogP contribution in [0.1, 0.15) is 20.7 Å². The largest absolute Gasteiger partial charge is 0.454 e. The summed E-state index contributed by atoms with van der Waals surface area (Å²) in [5.74, 6) is -1.58. The number of carbonyl (C=O) groups excluding carboxylic acids is 3. The number of rotatable bonds is 4. The van der Waals surface area contributed by atoms with Crippen LogP contribution in [0.2, 0.25) is 5.02 Å². The molecule has 0 unspecified atom stereocenters. The van der Waals surface area contributed by atoms with E-state index in [0.717, 1.165) is 6.07 Å². The molecule has 2 heterocycles. The van der Waals surface area contributed by atoms with E-state index >= 15 is 0 Å². The maximum Gasteiger partial charge on any atom is 0.282 e. The zero-order valence-electron chi connectivity index (χ0n) is 13.9. The third kappa shape index (κ3) is 2.79. The Morgan fingerprint density at radius 1 is 1.21 bits per heavy atom. The van der Waals surface area contributed by atoms with Crippen molar-refractivity contribution in [1.82, 2.24) is 4.90 Å². The SMILES string of the molecule is O=C(CN1C(=O)c2cccc([N+](=O)[O-])c2C1=O)Nc1cc2c(cc1Cl)OCO2. The van der Waals surface area contributed by atoms with Gasteiger partial charge in [-0.05, 0) is 6.07 Å². The summed E-state index contributed by atoms with van der Waals surface area (Å²) in [6, 6.07) is 6.65. The molecule has 2 aromatic rings. The molecule has 0 aromatic heterocycles. The van der Waals surface area contributed by atoms with Crippen LogP contribution in [-0.2, 0) is 4.79 Å². The lowest BCUT2D eigenvalue weighted by Crippen LogP contribution is -2.37. The molecule has 0 saturated heterocycles. The molecular weight excluding hydrogens is 394 g/mol. The predicted octanol–water partition coefficient (Wildman–Crippen LogP) is 2.21. The first-order valence-electron chi connectivity index (χ1n) is 7.89. The molecule has 10 nitrogen and oxygen atoms in total. The number of benzene rings is 2. The van der Waals surface area contributed by atoms with Crippen molar-refractivity contribution in [3.05, 3.63) is 56.6 Å². The smallest absolute Gasteiger partial charge is 0.282 e. The first-order valence-corrected chi connectivity index (χ1v) is 8.27. The molecule has 3 amide bonds. The number of nitrogens with one attached hydrogen (secondary N) is 1. The number of halogens is 1. The van der Waals surface area contributed by atoms with Gasteiger partial charge in [-0.25, -0.2) is 0 Å². The van der Waals surface area contributed by atoms with Crippen molar-refractivity contribution < 1.29 is 28.8 Å². The maximum absolute atomic E-state index is 12.5. The van der Waals surface area contributed by atoms with Gasteiger partial charge in [-0.1, -0.05) is 17.7 Å². The highest BCUT2D eigenvalue weighted by Crippen LogP contribution is 2.39. The van der Waals surface area contributed by atoms with Crippen molar-refractivity contribution in [3.8, 4) is 11.5 Å². The number of ether oxygens (including phenoxy) is 2. The minimum atomic E-state index is -0.903. The summed E-state index contributed by atoms with van der Waals surface area (Å²) in [6.07, 6.45) is 0. The van der Waals surface area contributed by atoms with E-state index in [-0.39, 0.29) is 28.6 Å². The van der Waals surface area contributed by atoms with Gasteiger partial charge in [0.2, 0.25) is 12.7 Å². The van der Waals surface area contributed by atoms with Crippen LogP contribution in [0, 0.1) is 10.1 Å². The molecule has 4 rings (SSSR count). The molecule has 2 aliphatic rings. The van der Waals surface area contributed by atoms with E-state index in [0.29, 0.717) is 16.4 Å². The molecular formula is C17H10ClN3O7. The summed E-state index contributed by atoms with van der Waals surface area (Å²) in [4.78, 5) is 48.3. The molecule has 0 saturated carbocycles. The lowest BCUT2D eigenvalue weighted by molar-refractivity contribution is -0.385. The minimum absolute atomic E-state index is 0.0247. The van der Waals surface area contributed by atoms with Gasteiger partial charge in [0, 0.05) is 18.2 Å². The van der Waals surface area contributed by atoms with Gasteiger partial charge in [0.15, 0.2) is 11.5 Å². The van der Waals surface area contributed by atoms with Crippen LogP contribution < -0.4 is 14.8 Å². The Hall–Kier alpha value is -3.66. The van der Waals surface area contributed by atoms with Crippen LogP contribution in [0.25, 0.3) is 0 Å². The molecule has 0 bridgehead atoms. The number of nitro benzene ring substituents is 1. The van der Waals surface area contributed by atoms with Crippen molar-refractivity contribution in [2.45, 2.75) is 0 Å². The number of hydrogen-bond acceptors (Lipinski definition) is 7. The van der Waals surface area contributed by atoms with Gasteiger partial charge in [0.05, 0.1) is 21.2 Å². The Morgan fingerprint density at radius 2 is 1.93 bits per heavy atom. The molecule has 2 aliphatic heterocycles. The average molecular weight is 404 g/mol. The van der Waals surface area contributed by atoms with E-state index < -0.39 is 34.9 Å². The number of carbonyl (C=O) groups is 3. The Kier molecular flexibility index (Phi) is 4.12. The number of fused-ring (bicyclic) bond motifs is 2. The lowest BCUT2D eigenvalue weighted by Gasteiger charge is -2.14. The van der Waals surface area contributed by atoms with Crippen LogP contribution in [0.5, 0.6) is 11.5 Å². The highest BCUT2D eigenvalue weighted by atomic mass is 35.5. The first-order chi connectivity index (χ1) is 13.4. The molecule has 0 fully saturated rings. The van der Waals surface area contributed by atoms with E-state index in [2.05, 4.69) is 5.32 Å². The van der Waals surface area contributed by atoms with E-state index in [1.807, 2.05) is 0 Å². The van der Waals surface area contributed by atoms with Gasteiger partial charge in [0.1, 0.15) is 12.1 Å². The molecule has 0 radical (unpaired) electrons. The fourth-order valence-electron chi connectivity index (χ4n) is 2.96. The first kappa shape index (κ1) is 17.7. The van der Waals surface area contributed by atoms with E-state index in [1.165, 1.54) is 24.3 Å². The summed E-state index contributed by atoms with van der Waals surface area (Å²) in [7, 11) is 0. The van der Waals surface area contributed by atoms with Gasteiger partial charge >= 0.3 is 0 Å². The highest BCUT2D eigenvalue weighted by molar-refractivity contribution is 6.34. The third-order valence-electron chi connectivity index (χ3n) is 4.21. The third-order valence-corrected chi connectivity index (χ3v) is 4.52. The second-order valence-electron chi connectivity index (χ2n) is 5.89. The average Bonchev–Trinajstić information content (AvgIpc) is 3.20. The number of amides is 3. The standard InChI is InChI=1S/C17H10ClN3O7/c18-9-4-12-13(28-7-27-12)5-10(9)19-14(22)6-20-16(23)8-2-1-3-11(21(25)26)15(8)17(20)24/h1-5H,6-7H2,(H,19,22). The van der Waals surface area contributed by atoms with Gasteiger partial charge in [-0.2, -0.15) is 0 Å². The fourth-order valence-corrected chi connectivity index (χ4v) is 3.16.